The molecule has 180 valence electrons. The lowest BCUT2D eigenvalue weighted by atomic mass is 9.82. The zero-order valence-corrected chi connectivity index (χ0v) is 20.2. The Hall–Kier alpha value is -2.34. The van der Waals surface area contributed by atoms with Gasteiger partial charge in [0.1, 0.15) is 12.4 Å². The monoisotopic (exact) mass is 453 g/mol. The number of ether oxygens (including phenoxy) is 1. The molecule has 1 aliphatic carbocycles. The predicted molar refractivity (Wildman–Crippen MR) is 130 cm³/mol. The summed E-state index contributed by atoms with van der Waals surface area (Å²) in [5.74, 6) is 1.78. The third kappa shape index (κ3) is 5.78. The summed E-state index contributed by atoms with van der Waals surface area (Å²) in [7, 11) is 0. The molecule has 4 rings (SSSR count). The lowest BCUT2D eigenvalue weighted by molar-refractivity contribution is -0.136. The maximum absolute atomic E-state index is 13.4. The Labute approximate surface area is 198 Å². The fourth-order valence-corrected chi connectivity index (χ4v) is 5.36. The average Bonchev–Trinajstić information content (AvgIpc) is 2.78. The topological polar surface area (TPSA) is 53.1 Å². The molecule has 2 bridgehead atoms. The Balaban J connectivity index is 1.54. The van der Waals surface area contributed by atoms with Crippen molar-refractivity contribution in [3.8, 4) is 5.75 Å². The second-order valence-electron chi connectivity index (χ2n) is 9.66. The molecule has 1 saturated carbocycles. The first kappa shape index (κ1) is 23.8. The molecule has 33 heavy (non-hydrogen) atoms. The lowest BCUT2D eigenvalue weighted by Crippen LogP contribution is -2.50. The van der Waals surface area contributed by atoms with Gasteiger partial charge in [0, 0.05) is 50.7 Å². The van der Waals surface area contributed by atoms with Crippen LogP contribution in [-0.4, -0.2) is 71.9 Å². The molecule has 2 aliphatic heterocycles. The number of amides is 2. The summed E-state index contributed by atoms with van der Waals surface area (Å²) in [5.41, 5.74) is 1.14. The SMILES string of the molecule is CCN(CC)C(=O)C[C@@H]1CCN2C[C@@H]1/C=C/COc1ccccc1CN(C1CCC1)CC2=O. The van der Waals surface area contributed by atoms with Crippen LogP contribution >= 0.6 is 0 Å². The second kappa shape index (κ2) is 11.2. The molecular formula is C27H39N3O3. The first-order valence-corrected chi connectivity index (χ1v) is 12.8. The number of carbonyl (C=O) groups is 2. The normalized spacial score (nSPS) is 25.5. The van der Waals surface area contributed by atoms with Crippen molar-refractivity contribution in [3.63, 3.8) is 0 Å². The summed E-state index contributed by atoms with van der Waals surface area (Å²) in [6.07, 6.45) is 9.25. The number of carbonyl (C=O) groups excluding carboxylic acids is 2. The average molecular weight is 454 g/mol. The van der Waals surface area contributed by atoms with Gasteiger partial charge in [-0.05, 0) is 51.0 Å². The van der Waals surface area contributed by atoms with E-state index in [1.165, 1.54) is 6.42 Å². The van der Waals surface area contributed by atoms with Crippen molar-refractivity contribution in [3.05, 3.63) is 42.0 Å². The number of piperidine rings is 1. The van der Waals surface area contributed by atoms with Crippen LogP contribution in [0.3, 0.4) is 0 Å². The van der Waals surface area contributed by atoms with Crippen molar-refractivity contribution in [2.75, 3.05) is 39.3 Å². The number of hydrogen-bond acceptors (Lipinski definition) is 4. The van der Waals surface area contributed by atoms with Crippen LogP contribution in [-0.2, 0) is 16.1 Å². The molecule has 2 fully saturated rings. The van der Waals surface area contributed by atoms with Gasteiger partial charge in [0.25, 0.3) is 0 Å². The predicted octanol–water partition coefficient (Wildman–Crippen LogP) is 3.71. The van der Waals surface area contributed by atoms with Crippen LogP contribution in [0.15, 0.2) is 36.4 Å². The van der Waals surface area contributed by atoms with Gasteiger partial charge in [-0.25, -0.2) is 0 Å². The first-order valence-electron chi connectivity index (χ1n) is 12.8. The van der Waals surface area contributed by atoms with E-state index in [1.54, 1.807) is 0 Å². The van der Waals surface area contributed by atoms with Crippen LogP contribution < -0.4 is 4.74 Å². The van der Waals surface area contributed by atoms with Crippen LogP contribution in [0.5, 0.6) is 5.75 Å². The highest BCUT2D eigenvalue weighted by Gasteiger charge is 2.34. The maximum Gasteiger partial charge on any atom is 0.236 e. The Morgan fingerprint density at radius 1 is 1.12 bits per heavy atom. The smallest absolute Gasteiger partial charge is 0.236 e. The number of rotatable bonds is 5. The summed E-state index contributed by atoms with van der Waals surface area (Å²) in [5, 5.41) is 0. The van der Waals surface area contributed by atoms with Gasteiger partial charge < -0.3 is 14.5 Å². The van der Waals surface area contributed by atoms with Gasteiger partial charge in [-0.2, -0.15) is 0 Å². The highest BCUT2D eigenvalue weighted by atomic mass is 16.5. The molecule has 1 saturated heterocycles. The fourth-order valence-electron chi connectivity index (χ4n) is 5.36. The minimum absolute atomic E-state index is 0.180. The molecule has 6 heteroatoms. The van der Waals surface area contributed by atoms with Gasteiger partial charge >= 0.3 is 0 Å². The summed E-state index contributed by atoms with van der Waals surface area (Å²) >= 11 is 0. The van der Waals surface area contributed by atoms with Crippen LogP contribution in [0.2, 0.25) is 0 Å². The van der Waals surface area contributed by atoms with E-state index in [0.29, 0.717) is 32.2 Å². The summed E-state index contributed by atoms with van der Waals surface area (Å²) in [6, 6.07) is 8.67. The Morgan fingerprint density at radius 2 is 1.91 bits per heavy atom. The van der Waals surface area contributed by atoms with Crippen molar-refractivity contribution in [1.82, 2.24) is 14.7 Å². The van der Waals surface area contributed by atoms with Crippen LogP contribution in [0.25, 0.3) is 0 Å². The number of fused-ring (bicyclic) bond motifs is 3. The Kier molecular flexibility index (Phi) is 8.07. The molecule has 2 atom stereocenters. The molecule has 0 aromatic heterocycles. The molecule has 0 spiro atoms. The van der Waals surface area contributed by atoms with E-state index in [1.807, 2.05) is 41.8 Å². The second-order valence-corrected chi connectivity index (χ2v) is 9.66. The van der Waals surface area contributed by atoms with Gasteiger partial charge in [0.15, 0.2) is 0 Å². The zero-order chi connectivity index (χ0) is 23.2. The van der Waals surface area contributed by atoms with Gasteiger partial charge in [-0.15, -0.1) is 0 Å². The van der Waals surface area contributed by atoms with Crippen molar-refractivity contribution >= 4 is 11.8 Å². The summed E-state index contributed by atoms with van der Waals surface area (Å²) in [6.45, 7) is 8.69. The third-order valence-electron chi connectivity index (χ3n) is 7.71. The van der Waals surface area contributed by atoms with Gasteiger partial charge in [-0.3, -0.25) is 14.5 Å². The van der Waals surface area contributed by atoms with E-state index < -0.39 is 0 Å². The minimum atomic E-state index is 0.180. The molecule has 0 unspecified atom stereocenters. The van der Waals surface area contributed by atoms with Gasteiger partial charge in [-0.1, -0.05) is 36.8 Å². The van der Waals surface area contributed by atoms with Gasteiger partial charge in [0.05, 0.1) is 6.54 Å². The highest BCUT2D eigenvalue weighted by Crippen LogP contribution is 2.31. The molecule has 1 aromatic rings. The number of hydrogen-bond donors (Lipinski definition) is 0. The zero-order valence-electron chi connectivity index (χ0n) is 20.2. The molecule has 1 aromatic carbocycles. The maximum atomic E-state index is 13.4. The van der Waals surface area contributed by atoms with E-state index in [9.17, 15) is 9.59 Å². The molecule has 6 nitrogen and oxygen atoms in total. The summed E-state index contributed by atoms with van der Waals surface area (Å²) in [4.78, 5) is 32.5. The van der Waals surface area contributed by atoms with Crippen LogP contribution in [0.1, 0.15) is 51.5 Å². The number of nitrogens with zero attached hydrogens (tertiary/aromatic N) is 3. The van der Waals surface area contributed by atoms with E-state index >= 15 is 0 Å². The third-order valence-corrected chi connectivity index (χ3v) is 7.71. The number of para-hydroxylation sites is 1. The molecule has 2 heterocycles. The van der Waals surface area contributed by atoms with Crippen molar-refractivity contribution < 1.29 is 14.3 Å². The Bertz CT molecular complexity index is 847. The molecule has 2 amide bonds. The first-order chi connectivity index (χ1) is 16.1. The van der Waals surface area contributed by atoms with Crippen molar-refractivity contribution in [1.29, 1.82) is 0 Å². The fraction of sp³-hybridized carbons (Fsp3) is 0.630. The molecule has 0 radical (unpaired) electrons. The van der Waals surface area contributed by atoms with E-state index in [-0.39, 0.29) is 23.7 Å². The van der Waals surface area contributed by atoms with Gasteiger partial charge in [0.2, 0.25) is 11.8 Å². The molecular weight excluding hydrogens is 414 g/mol. The van der Waals surface area contributed by atoms with Crippen LogP contribution in [0.4, 0.5) is 0 Å². The Morgan fingerprint density at radius 3 is 2.64 bits per heavy atom. The lowest BCUT2D eigenvalue weighted by Gasteiger charge is -2.41. The van der Waals surface area contributed by atoms with E-state index in [4.69, 9.17) is 4.74 Å². The van der Waals surface area contributed by atoms with Crippen LogP contribution in [0, 0.1) is 11.8 Å². The largest absolute Gasteiger partial charge is 0.489 e. The highest BCUT2D eigenvalue weighted by molar-refractivity contribution is 5.79. The van der Waals surface area contributed by atoms with E-state index in [2.05, 4.69) is 23.1 Å². The van der Waals surface area contributed by atoms with Crippen molar-refractivity contribution in [2.24, 2.45) is 11.8 Å². The quantitative estimate of drug-likeness (QED) is 0.638. The number of benzene rings is 1. The molecule has 3 aliphatic rings. The standard InChI is InChI=1S/C27H39N3O3/c1-3-28(4-2)26(31)17-21-14-15-29-18-22(21)10-8-16-33-25-13-6-5-9-23(25)19-30(20-27(29)32)24-11-7-12-24/h5-6,8-10,13,21-22,24H,3-4,7,11-12,14-20H2,1-2H3/b10-8+/t21-,22-/m0/s1. The summed E-state index contributed by atoms with van der Waals surface area (Å²) < 4.78 is 6.15. The minimum Gasteiger partial charge on any atom is -0.489 e. The molecule has 0 N–H and O–H groups in total. The van der Waals surface area contributed by atoms with E-state index in [0.717, 1.165) is 56.8 Å². The van der Waals surface area contributed by atoms with Crippen molar-refractivity contribution in [2.45, 2.75) is 58.5 Å².